The van der Waals surface area contributed by atoms with Gasteiger partial charge in [0.1, 0.15) is 0 Å². The minimum absolute atomic E-state index is 0. The first-order valence-corrected chi connectivity index (χ1v) is 6.05. The number of halogens is 2. The normalized spacial score (nSPS) is 11.8. The summed E-state index contributed by atoms with van der Waals surface area (Å²) in [6, 6.07) is 6.90. The van der Waals surface area contributed by atoms with Crippen LogP contribution in [-0.4, -0.2) is 38.0 Å². The smallest absolute Gasteiger partial charge is 0.251 e. The van der Waals surface area contributed by atoms with Gasteiger partial charge in [-0.1, -0.05) is 18.5 Å². The molecule has 1 N–H and O–H groups in total. The molecule has 0 heterocycles. The summed E-state index contributed by atoms with van der Waals surface area (Å²) in [5, 5.41) is 3.56. The Hall–Kier alpha value is -0.770. The molecule has 0 aromatic heterocycles. The molecule has 1 aromatic carbocycles. The molecule has 18 heavy (non-hydrogen) atoms. The monoisotopic (exact) mass is 290 g/mol. The van der Waals surface area contributed by atoms with Crippen molar-refractivity contribution >= 4 is 29.9 Å². The molecule has 0 aliphatic carbocycles. The van der Waals surface area contributed by atoms with Gasteiger partial charge in [-0.15, -0.1) is 12.4 Å². The maximum absolute atomic E-state index is 11.8. The van der Waals surface area contributed by atoms with Crippen LogP contribution in [0, 0.1) is 5.92 Å². The molecule has 0 saturated carbocycles. The third-order valence-corrected chi connectivity index (χ3v) is 2.65. The van der Waals surface area contributed by atoms with Crippen LogP contribution in [0.4, 0.5) is 0 Å². The molecule has 0 saturated heterocycles. The zero-order chi connectivity index (χ0) is 12.8. The second kappa shape index (κ2) is 8.35. The van der Waals surface area contributed by atoms with Gasteiger partial charge in [0.2, 0.25) is 0 Å². The predicted molar refractivity (Wildman–Crippen MR) is 78.8 cm³/mol. The highest BCUT2D eigenvalue weighted by Crippen LogP contribution is 2.09. The summed E-state index contributed by atoms with van der Waals surface area (Å²) in [6.07, 6.45) is 0. The Morgan fingerprint density at radius 2 is 1.89 bits per heavy atom. The summed E-state index contributed by atoms with van der Waals surface area (Å²) in [5.74, 6) is 0.383. The van der Waals surface area contributed by atoms with Gasteiger partial charge in [0.05, 0.1) is 0 Å². The van der Waals surface area contributed by atoms with Gasteiger partial charge in [-0.2, -0.15) is 0 Å². The van der Waals surface area contributed by atoms with E-state index in [4.69, 9.17) is 11.6 Å². The number of nitrogens with one attached hydrogen (secondary N) is 1. The van der Waals surface area contributed by atoms with Gasteiger partial charge < -0.3 is 10.2 Å². The molecule has 1 amide bonds. The highest BCUT2D eigenvalue weighted by molar-refractivity contribution is 6.30. The Morgan fingerprint density at radius 1 is 1.33 bits per heavy atom. The van der Waals surface area contributed by atoms with Gasteiger partial charge >= 0.3 is 0 Å². The standard InChI is InChI=1S/C13H19ClN2O.ClH/c1-10(9-16(2)3)8-15-13(17)11-4-6-12(14)7-5-11;/h4-7,10H,8-9H2,1-3H3,(H,15,17);1H. The fourth-order valence-corrected chi connectivity index (χ4v) is 1.78. The van der Waals surface area contributed by atoms with Gasteiger partial charge in [0.25, 0.3) is 5.91 Å². The molecule has 0 spiro atoms. The number of amides is 1. The molecule has 0 radical (unpaired) electrons. The molecule has 0 fully saturated rings. The molecule has 1 unspecified atom stereocenters. The van der Waals surface area contributed by atoms with Crippen LogP contribution in [0.25, 0.3) is 0 Å². The number of nitrogens with zero attached hydrogens (tertiary/aromatic N) is 1. The Kier molecular flexibility index (Phi) is 8.00. The molecule has 1 aromatic rings. The average molecular weight is 291 g/mol. The van der Waals surface area contributed by atoms with Crippen molar-refractivity contribution in [3.63, 3.8) is 0 Å². The molecule has 1 atom stereocenters. The molecule has 0 bridgehead atoms. The van der Waals surface area contributed by atoms with Gasteiger partial charge in [-0.25, -0.2) is 0 Å². The molecule has 102 valence electrons. The number of rotatable bonds is 5. The molecule has 0 aliphatic rings. The van der Waals surface area contributed by atoms with Crippen molar-refractivity contribution in [3.05, 3.63) is 34.9 Å². The fraction of sp³-hybridized carbons (Fsp3) is 0.462. The van der Waals surface area contributed by atoms with Gasteiger partial charge in [-0.3, -0.25) is 4.79 Å². The van der Waals surface area contributed by atoms with E-state index in [-0.39, 0.29) is 18.3 Å². The Labute approximate surface area is 120 Å². The van der Waals surface area contributed by atoms with Crippen molar-refractivity contribution in [1.82, 2.24) is 10.2 Å². The van der Waals surface area contributed by atoms with E-state index in [0.717, 1.165) is 6.54 Å². The number of hydrogen-bond acceptors (Lipinski definition) is 2. The van der Waals surface area contributed by atoms with Crippen molar-refractivity contribution in [2.45, 2.75) is 6.92 Å². The van der Waals surface area contributed by atoms with Crippen LogP contribution in [0.2, 0.25) is 5.02 Å². The van der Waals surface area contributed by atoms with Crippen LogP contribution in [-0.2, 0) is 0 Å². The summed E-state index contributed by atoms with van der Waals surface area (Å²) in [6.45, 7) is 3.75. The number of benzene rings is 1. The first-order valence-electron chi connectivity index (χ1n) is 5.67. The third-order valence-electron chi connectivity index (χ3n) is 2.39. The Balaban J connectivity index is 0.00000289. The fourth-order valence-electron chi connectivity index (χ4n) is 1.66. The summed E-state index contributed by atoms with van der Waals surface area (Å²) >= 11 is 5.76. The van der Waals surface area contributed by atoms with E-state index in [1.807, 2.05) is 14.1 Å². The summed E-state index contributed by atoms with van der Waals surface area (Å²) < 4.78 is 0. The quantitative estimate of drug-likeness (QED) is 0.904. The lowest BCUT2D eigenvalue weighted by Crippen LogP contribution is -2.32. The second-order valence-electron chi connectivity index (χ2n) is 4.58. The third kappa shape index (κ3) is 6.24. The van der Waals surface area contributed by atoms with Crippen molar-refractivity contribution < 1.29 is 4.79 Å². The molecule has 5 heteroatoms. The molecule has 3 nitrogen and oxygen atoms in total. The largest absolute Gasteiger partial charge is 0.352 e. The first-order chi connectivity index (χ1) is 7.99. The first kappa shape index (κ1) is 17.2. The van der Waals surface area contributed by atoms with E-state index in [2.05, 4.69) is 17.1 Å². The predicted octanol–water partition coefficient (Wildman–Crippen LogP) is 2.69. The maximum Gasteiger partial charge on any atom is 0.251 e. The second-order valence-corrected chi connectivity index (χ2v) is 5.02. The van der Waals surface area contributed by atoms with E-state index in [1.54, 1.807) is 24.3 Å². The van der Waals surface area contributed by atoms with Crippen molar-refractivity contribution in [1.29, 1.82) is 0 Å². The van der Waals surface area contributed by atoms with Crippen molar-refractivity contribution in [2.24, 2.45) is 5.92 Å². The van der Waals surface area contributed by atoms with Crippen LogP contribution in [0.3, 0.4) is 0 Å². The Morgan fingerprint density at radius 3 is 2.39 bits per heavy atom. The lowest BCUT2D eigenvalue weighted by Gasteiger charge is -2.17. The Bertz CT molecular complexity index is 366. The zero-order valence-electron chi connectivity index (χ0n) is 10.9. The van der Waals surface area contributed by atoms with Crippen LogP contribution in [0.1, 0.15) is 17.3 Å². The average Bonchev–Trinajstić information content (AvgIpc) is 2.26. The van der Waals surface area contributed by atoms with Crippen LogP contribution in [0.15, 0.2) is 24.3 Å². The minimum atomic E-state index is -0.0488. The highest BCUT2D eigenvalue weighted by atomic mass is 35.5. The van der Waals surface area contributed by atoms with Gasteiger partial charge in [0.15, 0.2) is 0 Å². The summed E-state index contributed by atoms with van der Waals surface area (Å²) in [4.78, 5) is 13.9. The van der Waals surface area contributed by atoms with Gasteiger partial charge in [0, 0.05) is 23.7 Å². The lowest BCUT2D eigenvalue weighted by atomic mass is 10.1. The van der Waals surface area contributed by atoms with Crippen LogP contribution < -0.4 is 5.32 Å². The summed E-state index contributed by atoms with van der Waals surface area (Å²) in [7, 11) is 4.05. The van der Waals surface area contributed by atoms with E-state index in [0.29, 0.717) is 23.0 Å². The molecular weight excluding hydrogens is 271 g/mol. The van der Waals surface area contributed by atoms with Crippen LogP contribution in [0.5, 0.6) is 0 Å². The highest BCUT2D eigenvalue weighted by Gasteiger charge is 2.08. The van der Waals surface area contributed by atoms with Crippen molar-refractivity contribution in [3.8, 4) is 0 Å². The summed E-state index contributed by atoms with van der Waals surface area (Å²) in [5.41, 5.74) is 0.645. The molecule has 1 rings (SSSR count). The SMILES string of the molecule is CC(CNC(=O)c1ccc(Cl)cc1)CN(C)C.Cl. The van der Waals surface area contributed by atoms with Gasteiger partial charge in [-0.05, 0) is 44.3 Å². The van der Waals surface area contributed by atoms with E-state index < -0.39 is 0 Å². The molecule has 0 aliphatic heterocycles. The van der Waals surface area contributed by atoms with E-state index >= 15 is 0 Å². The number of hydrogen-bond donors (Lipinski definition) is 1. The number of carbonyl (C=O) groups excluding carboxylic acids is 1. The number of carbonyl (C=O) groups is 1. The van der Waals surface area contributed by atoms with E-state index in [1.165, 1.54) is 0 Å². The van der Waals surface area contributed by atoms with Crippen LogP contribution >= 0.6 is 24.0 Å². The lowest BCUT2D eigenvalue weighted by molar-refractivity contribution is 0.0946. The minimum Gasteiger partial charge on any atom is -0.352 e. The van der Waals surface area contributed by atoms with Crippen molar-refractivity contribution in [2.75, 3.05) is 27.2 Å². The van der Waals surface area contributed by atoms with E-state index in [9.17, 15) is 4.79 Å². The topological polar surface area (TPSA) is 32.3 Å². The maximum atomic E-state index is 11.8. The zero-order valence-corrected chi connectivity index (χ0v) is 12.5. The molecular formula is C13H20Cl2N2O.